The van der Waals surface area contributed by atoms with Gasteiger partial charge in [0, 0.05) is 42.5 Å². The largest absolute Gasteiger partial charge is 0.511 e. The summed E-state index contributed by atoms with van der Waals surface area (Å²) in [4.78, 5) is 51.8. The van der Waals surface area contributed by atoms with Gasteiger partial charge < -0.3 is 31.1 Å². The minimum Gasteiger partial charge on any atom is -0.511 e. The number of phenols is 1. The summed E-state index contributed by atoms with van der Waals surface area (Å²) in [5, 5.41) is 43.4. The SMILES string of the molecule is NC(=O)C1=C(O)C[C@@H]2CC3Cc4c(F)cc(N5CCCCC5=O)c(O)c4C(=O)C3=C(O)[C@]2(O)C1=O. The number of halogens is 1. The first-order valence-electron chi connectivity index (χ1n) is 11.3. The van der Waals surface area contributed by atoms with E-state index in [0.29, 0.717) is 12.8 Å². The fraction of sp³-hybridized carbons (Fsp3) is 0.417. The molecule has 3 atom stereocenters. The first-order chi connectivity index (χ1) is 16.5. The number of aliphatic hydroxyl groups is 3. The molecule has 1 heterocycles. The Morgan fingerprint density at radius 3 is 2.51 bits per heavy atom. The minimum atomic E-state index is -2.69. The number of carbonyl (C=O) groups is 4. The van der Waals surface area contributed by atoms with Gasteiger partial charge in [-0.05, 0) is 31.6 Å². The van der Waals surface area contributed by atoms with E-state index in [1.165, 1.54) is 4.90 Å². The number of nitrogens with two attached hydrogens (primary N) is 1. The fourth-order valence-electron chi connectivity index (χ4n) is 5.89. The lowest BCUT2D eigenvalue weighted by Gasteiger charge is -2.45. The number of hydrogen-bond donors (Lipinski definition) is 5. The monoisotopic (exact) mass is 486 g/mol. The second-order valence-electron chi connectivity index (χ2n) is 9.49. The average Bonchev–Trinajstić information content (AvgIpc) is 2.79. The van der Waals surface area contributed by atoms with Crippen molar-refractivity contribution in [2.75, 3.05) is 11.4 Å². The summed E-state index contributed by atoms with van der Waals surface area (Å²) in [6.45, 7) is 0.233. The normalized spacial score (nSPS) is 28.6. The molecule has 4 aliphatic rings. The number of fused-ring (bicyclic) bond motifs is 3. The molecule has 1 aliphatic heterocycles. The molecule has 5 rings (SSSR count). The lowest BCUT2D eigenvalue weighted by Crippen LogP contribution is -2.57. The third-order valence-electron chi connectivity index (χ3n) is 7.60. The number of piperidine rings is 1. The Bertz CT molecular complexity index is 1300. The van der Waals surface area contributed by atoms with Gasteiger partial charge >= 0.3 is 0 Å². The highest BCUT2D eigenvalue weighted by Gasteiger charge is 2.59. The number of aliphatic hydroxyl groups excluding tert-OH is 2. The van der Waals surface area contributed by atoms with Gasteiger partial charge in [-0.2, -0.15) is 0 Å². The molecule has 0 spiro atoms. The van der Waals surface area contributed by atoms with Crippen LogP contribution in [0.2, 0.25) is 0 Å². The topological polar surface area (TPSA) is 178 Å². The first-order valence-corrected chi connectivity index (χ1v) is 11.3. The summed E-state index contributed by atoms with van der Waals surface area (Å²) >= 11 is 0. The summed E-state index contributed by atoms with van der Waals surface area (Å²) < 4.78 is 15.2. The molecular formula is C24H23FN2O8. The zero-order valence-corrected chi connectivity index (χ0v) is 18.5. The summed E-state index contributed by atoms with van der Waals surface area (Å²) in [5.74, 6) is -8.94. The zero-order chi connectivity index (χ0) is 25.4. The zero-order valence-electron chi connectivity index (χ0n) is 18.5. The van der Waals surface area contributed by atoms with E-state index in [2.05, 4.69) is 0 Å². The van der Waals surface area contributed by atoms with E-state index >= 15 is 4.39 Å². The van der Waals surface area contributed by atoms with Gasteiger partial charge in [0.15, 0.2) is 17.1 Å². The highest BCUT2D eigenvalue weighted by molar-refractivity contribution is 6.24. The summed E-state index contributed by atoms with van der Waals surface area (Å²) in [5.41, 5.74) is 0.518. The van der Waals surface area contributed by atoms with Crippen molar-refractivity contribution in [3.63, 3.8) is 0 Å². The number of anilines is 1. The maximum absolute atomic E-state index is 15.2. The number of benzene rings is 1. The van der Waals surface area contributed by atoms with Gasteiger partial charge in [-0.15, -0.1) is 0 Å². The Kier molecular flexibility index (Phi) is 5.03. The standard InChI is InChI=1S/C24H23FN2O8/c25-12-8-13(27-4-2-1-3-15(27)29)19(30)17-11(12)6-9-5-10-7-14(28)18(23(26)34)22(33)24(10,35)21(32)16(9)20(17)31/h8-10,28,30,32,35H,1-7H2,(H2,26,34)/t9?,10-,24-/m0/s1. The van der Waals surface area contributed by atoms with Crippen molar-refractivity contribution in [2.24, 2.45) is 17.6 Å². The van der Waals surface area contributed by atoms with Gasteiger partial charge in [-0.1, -0.05) is 0 Å². The molecule has 0 radical (unpaired) electrons. The van der Waals surface area contributed by atoms with Crippen molar-refractivity contribution in [1.29, 1.82) is 0 Å². The number of carbonyl (C=O) groups excluding carboxylic acids is 4. The van der Waals surface area contributed by atoms with Gasteiger partial charge in [0.1, 0.15) is 22.9 Å². The number of ketones is 2. The van der Waals surface area contributed by atoms with Crippen molar-refractivity contribution >= 4 is 29.1 Å². The Hall–Kier alpha value is -3.73. The van der Waals surface area contributed by atoms with Crippen LogP contribution in [-0.2, 0) is 20.8 Å². The number of Topliss-reactive ketones (excluding diaryl/α,β-unsaturated/α-hetero) is 2. The Labute approximate surface area is 198 Å². The van der Waals surface area contributed by atoms with Crippen LogP contribution in [0.5, 0.6) is 5.75 Å². The molecular weight excluding hydrogens is 463 g/mol. The van der Waals surface area contributed by atoms with Gasteiger partial charge in [-0.3, -0.25) is 19.2 Å². The third-order valence-corrected chi connectivity index (χ3v) is 7.60. The predicted molar refractivity (Wildman–Crippen MR) is 117 cm³/mol. The predicted octanol–water partition coefficient (Wildman–Crippen LogP) is 1.24. The summed E-state index contributed by atoms with van der Waals surface area (Å²) in [6, 6.07) is 1.01. The quantitative estimate of drug-likeness (QED) is 0.387. The van der Waals surface area contributed by atoms with Crippen LogP contribution >= 0.6 is 0 Å². The molecule has 1 saturated heterocycles. The van der Waals surface area contributed by atoms with E-state index in [1.54, 1.807) is 0 Å². The van der Waals surface area contributed by atoms with Crippen LogP contribution in [0.3, 0.4) is 0 Å². The van der Waals surface area contributed by atoms with E-state index in [4.69, 9.17) is 5.73 Å². The van der Waals surface area contributed by atoms with Crippen LogP contribution in [0.4, 0.5) is 10.1 Å². The molecule has 6 N–H and O–H groups in total. The number of allylic oxidation sites excluding steroid dienone is 2. The molecule has 0 saturated carbocycles. The number of nitrogens with zero attached hydrogens (tertiary/aromatic N) is 1. The van der Waals surface area contributed by atoms with Crippen molar-refractivity contribution in [3.8, 4) is 5.75 Å². The van der Waals surface area contributed by atoms with Crippen molar-refractivity contribution in [3.05, 3.63) is 45.7 Å². The van der Waals surface area contributed by atoms with Gasteiger partial charge in [0.25, 0.3) is 5.91 Å². The Morgan fingerprint density at radius 2 is 1.86 bits per heavy atom. The molecule has 0 bridgehead atoms. The maximum Gasteiger partial charge on any atom is 0.255 e. The van der Waals surface area contributed by atoms with Gasteiger partial charge in [0.05, 0.1) is 11.3 Å². The molecule has 10 nitrogen and oxygen atoms in total. The number of phenolic OH excluding ortho intramolecular Hbond substituents is 1. The molecule has 184 valence electrons. The van der Waals surface area contributed by atoms with Gasteiger partial charge in [-0.25, -0.2) is 4.39 Å². The third kappa shape index (κ3) is 3.04. The Morgan fingerprint density at radius 1 is 1.14 bits per heavy atom. The average molecular weight is 486 g/mol. The minimum absolute atomic E-state index is 0.0878. The Balaban J connectivity index is 1.66. The van der Waals surface area contributed by atoms with Crippen molar-refractivity contribution < 1.29 is 44.0 Å². The van der Waals surface area contributed by atoms with E-state index in [-0.39, 0.29) is 55.0 Å². The molecule has 1 aromatic rings. The number of rotatable bonds is 2. The molecule has 1 fully saturated rings. The number of primary amides is 1. The lowest BCUT2D eigenvalue weighted by molar-refractivity contribution is -0.144. The van der Waals surface area contributed by atoms with E-state index in [1.807, 2.05) is 0 Å². The van der Waals surface area contributed by atoms with Crippen molar-refractivity contribution in [1.82, 2.24) is 0 Å². The van der Waals surface area contributed by atoms with E-state index < -0.39 is 69.1 Å². The van der Waals surface area contributed by atoms with Crippen LogP contribution in [-0.4, -0.2) is 56.0 Å². The van der Waals surface area contributed by atoms with Crippen molar-refractivity contribution in [2.45, 2.75) is 44.1 Å². The second-order valence-corrected chi connectivity index (χ2v) is 9.49. The second kappa shape index (κ2) is 7.64. The lowest BCUT2D eigenvalue weighted by atomic mass is 9.60. The van der Waals surface area contributed by atoms with Crippen LogP contribution in [0, 0.1) is 17.7 Å². The van der Waals surface area contributed by atoms with E-state index in [0.717, 1.165) is 6.07 Å². The van der Waals surface area contributed by atoms with E-state index in [9.17, 15) is 39.6 Å². The molecule has 1 unspecified atom stereocenters. The number of aromatic hydroxyl groups is 1. The summed E-state index contributed by atoms with van der Waals surface area (Å²) in [6.07, 6.45) is 0.900. The molecule has 2 amide bonds. The maximum atomic E-state index is 15.2. The highest BCUT2D eigenvalue weighted by Crippen LogP contribution is 2.52. The van der Waals surface area contributed by atoms with Crippen LogP contribution < -0.4 is 10.6 Å². The van der Waals surface area contributed by atoms with Crippen LogP contribution in [0.1, 0.15) is 48.0 Å². The van der Waals surface area contributed by atoms with Crippen LogP contribution in [0.15, 0.2) is 28.7 Å². The first kappa shape index (κ1) is 23.0. The molecule has 1 aromatic carbocycles. The number of amides is 2. The molecule has 35 heavy (non-hydrogen) atoms. The van der Waals surface area contributed by atoms with Gasteiger partial charge in [0.2, 0.25) is 11.7 Å². The molecule has 3 aliphatic carbocycles. The molecule has 11 heteroatoms. The fourth-order valence-corrected chi connectivity index (χ4v) is 5.89. The smallest absolute Gasteiger partial charge is 0.255 e. The number of hydrogen-bond acceptors (Lipinski definition) is 8. The highest BCUT2D eigenvalue weighted by atomic mass is 19.1. The molecule has 0 aromatic heterocycles. The van der Waals surface area contributed by atoms with Crippen LogP contribution in [0.25, 0.3) is 0 Å². The summed E-state index contributed by atoms with van der Waals surface area (Å²) in [7, 11) is 0.